The SMILES string of the molecule is COc1cccc(C(=O)Nc2ccc(Oc3ccc(N)cc3)c(Nc3ncnc4nc(C(C)C)ccc34)c2)c1. The summed E-state index contributed by atoms with van der Waals surface area (Å²) >= 11 is 0. The Hall–Kier alpha value is -5.18. The second kappa shape index (κ2) is 11.1. The smallest absolute Gasteiger partial charge is 0.255 e. The molecule has 39 heavy (non-hydrogen) atoms. The summed E-state index contributed by atoms with van der Waals surface area (Å²) in [4.78, 5) is 26.5. The van der Waals surface area contributed by atoms with E-state index in [0.717, 1.165) is 11.1 Å². The summed E-state index contributed by atoms with van der Waals surface area (Å²) < 4.78 is 11.4. The van der Waals surface area contributed by atoms with Gasteiger partial charge in [0.15, 0.2) is 11.4 Å². The fraction of sp³-hybridized carbons (Fsp3) is 0.133. The van der Waals surface area contributed by atoms with Gasteiger partial charge >= 0.3 is 0 Å². The molecule has 0 spiro atoms. The Kier molecular flexibility index (Phi) is 7.22. The van der Waals surface area contributed by atoms with Crippen LogP contribution < -0.4 is 25.8 Å². The first-order chi connectivity index (χ1) is 18.9. The maximum Gasteiger partial charge on any atom is 0.255 e. The summed E-state index contributed by atoms with van der Waals surface area (Å²) in [6.07, 6.45) is 1.47. The quantitative estimate of drug-likeness (QED) is 0.197. The average molecular weight is 521 g/mol. The number of anilines is 4. The summed E-state index contributed by atoms with van der Waals surface area (Å²) in [7, 11) is 1.56. The van der Waals surface area contributed by atoms with Crippen molar-refractivity contribution >= 4 is 39.8 Å². The van der Waals surface area contributed by atoms with E-state index in [-0.39, 0.29) is 11.8 Å². The summed E-state index contributed by atoms with van der Waals surface area (Å²) in [6.45, 7) is 4.17. The zero-order chi connectivity index (χ0) is 27.4. The topological polar surface area (TPSA) is 124 Å². The van der Waals surface area contributed by atoms with Crippen LogP contribution in [0.5, 0.6) is 17.2 Å². The van der Waals surface area contributed by atoms with Gasteiger partial charge in [-0.2, -0.15) is 0 Å². The van der Waals surface area contributed by atoms with Crippen molar-refractivity contribution in [3.63, 3.8) is 0 Å². The predicted octanol–water partition coefficient (Wildman–Crippen LogP) is 6.53. The average Bonchev–Trinajstić information content (AvgIpc) is 2.95. The molecule has 196 valence electrons. The van der Waals surface area contributed by atoms with Gasteiger partial charge in [-0.1, -0.05) is 19.9 Å². The highest BCUT2D eigenvalue weighted by atomic mass is 16.5. The Morgan fingerprint density at radius 3 is 2.51 bits per heavy atom. The second-order valence-electron chi connectivity index (χ2n) is 9.18. The van der Waals surface area contributed by atoms with E-state index >= 15 is 0 Å². The van der Waals surface area contributed by atoms with Crippen molar-refractivity contribution in [1.82, 2.24) is 15.0 Å². The van der Waals surface area contributed by atoms with Crippen LogP contribution in [0.3, 0.4) is 0 Å². The molecule has 0 atom stereocenters. The standard InChI is InChI=1S/C30H28N6O3/c1-18(2)25-13-12-24-28(35-25)32-17-33-29(24)36-26-16-21(34-30(37)19-5-4-6-23(15-19)38-3)9-14-27(26)39-22-10-7-20(31)8-11-22/h4-18H,31H2,1-3H3,(H,34,37)(H,32,33,35,36). The molecule has 0 aliphatic rings. The number of nitrogens with zero attached hydrogens (tertiary/aromatic N) is 3. The first-order valence-corrected chi connectivity index (χ1v) is 12.4. The van der Waals surface area contributed by atoms with Gasteiger partial charge in [-0.05, 0) is 78.7 Å². The van der Waals surface area contributed by atoms with E-state index in [1.807, 2.05) is 12.1 Å². The lowest BCUT2D eigenvalue weighted by Crippen LogP contribution is -2.12. The van der Waals surface area contributed by atoms with Gasteiger partial charge < -0.3 is 25.8 Å². The highest BCUT2D eigenvalue weighted by Gasteiger charge is 2.14. The number of aromatic nitrogens is 3. The molecule has 0 saturated heterocycles. The van der Waals surface area contributed by atoms with Crippen molar-refractivity contribution in [1.29, 1.82) is 0 Å². The lowest BCUT2D eigenvalue weighted by molar-refractivity contribution is 0.102. The number of pyridine rings is 1. The minimum atomic E-state index is -0.273. The molecule has 2 heterocycles. The van der Waals surface area contributed by atoms with Crippen LogP contribution >= 0.6 is 0 Å². The molecule has 5 aromatic rings. The number of nitrogens with two attached hydrogens (primary N) is 1. The maximum atomic E-state index is 13.0. The predicted molar refractivity (Wildman–Crippen MR) is 153 cm³/mol. The number of hydrogen-bond acceptors (Lipinski definition) is 8. The van der Waals surface area contributed by atoms with Crippen molar-refractivity contribution in [3.8, 4) is 17.2 Å². The molecule has 4 N–H and O–H groups in total. The minimum absolute atomic E-state index is 0.269. The van der Waals surface area contributed by atoms with Crippen LogP contribution in [0.2, 0.25) is 0 Å². The van der Waals surface area contributed by atoms with Gasteiger partial charge in [-0.15, -0.1) is 0 Å². The number of benzene rings is 3. The number of hydrogen-bond donors (Lipinski definition) is 3. The Bertz CT molecular complexity index is 1640. The number of carbonyl (C=O) groups excluding carboxylic acids is 1. The zero-order valence-corrected chi connectivity index (χ0v) is 21.8. The van der Waals surface area contributed by atoms with Gasteiger partial charge in [-0.3, -0.25) is 4.79 Å². The molecule has 0 unspecified atom stereocenters. The van der Waals surface area contributed by atoms with Crippen molar-refractivity contribution in [2.45, 2.75) is 19.8 Å². The third-order valence-electron chi connectivity index (χ3n) is 6.04. The molecular weight excluding hydrogens is 492 g/mol. The third kappa shape index (κ3) is 5.88. The number of rotatable bonds is 8. The molecule has 0 aliphatic carbocycles. The molecule has 2 aromatic heterocycles. The van der Waals surface area contributed by atoms with Crippen LogP contribution in [-0.2, 0) is 0 Å². The fourth-order valence-electron chi connectivity index (χ4n) is 3.93. The Labute approximate surface area is 226 Å². The van der Waals surface area contributed by atoms with E-state index in [0.29, 0.717) is 51.3 Å². The van der Waals surface area contributed by atoms with Crippen LogP contribution in [0.1, 0.15) is 35.8 Å². The molecule has 3 aromatic carbocycles. The molecule has 9 heteroatoms. The summed E-state index contributed by atoms with van der Waals surface area (Å²) in [5.74, 6) is 2.28. The van der Waals surface area contributed by atoms with Crippen molar-refractivity contribution < 1.29 is 14.3 Å². The van der Waals surface area contributed by atoms with Crippen LogP contribution in [0, 0.1) is 0 Å². The number of carbonyl (C=O) groups is 1. The molecular formula is C30H28N6O3. The molecule has 1 amide bonds. The first kappa shape index (κ1) is 25.5. The highest BCUT2D eigenvalue weighted by molar-refractivity contribution is 6.05. The van der Waals surface area contributed by atoms with Gasteiger partial charge in [0.1, 0.15) is 23.6 Å². The Balaban J connectivity index is 1.50. The number of fused-ring (bicyclic) bond motifs is 1. The van der Waals surface area contributed by atoms with E-state index < -0.39 is 0 Å². The molecule has 0 saturated carbocycles. The van der Waals surface area contributed by atoms with E-state index in [4.69, 9.17) is 15.2 Å². The van der Waals surface area contributed by atoms with E-state index in [1.165, 1.54) is 6.33 Å². The van der Waals surface area contributed by atoms with Gasteiger partial charge in [-0.25, -0.2) is 15.0 Å². The summed E-state index contributed by atoms with van der Waals surface area (Å²) in [6, 6.07) is 23.3. The van der Waals surface area contributed by atoms with Gasteiger partial charge in [0, 0.05) is 22.6 Å². The van der Waals surface area contributed by atoms with E-state index in [1.54, 1.807) is 73.8 Å². The van der Waals surface area contributed by atoms with Crippen LogP contribution in [0.15, 0.2) is 85.2 Å². The number of ether oxygens (including phenoxy) is 2. The van der Waals surface area contributed by atoms with Crippen LogP contribution in [0.4, 0.5) is 22.9 Å². The van der Waals surface area contributed by atoms with Crippen molar-refractivity contribution in [2.75, 3.05) is 23.5 Å². The molecule has 0 aliphatic heterocycles. The highest BCUT2D eigenvalue weighted by Crippen LogP contribution is 2.35. The number of nitrogen functional groups attached to an aromatic ring is 1. The van der Waals surface area contributed by atoms with Gasteiger partial charge in [0.2, 0.25) is 0 Å². The molecule has 9 nitrogen and oxygen atoms in total. The molecule has 0 bridgehead atoms. The van der Waals surface area contributed by atoms with Crippen LogP contribution in [0.25, 0.3) is 11.0 Å². The largest absolute Gasteiger partial charge is 0.497 e. The number of amides is 1. The maximum absolute atomic E-state index is 13.0. The summed E-state index contributed by atoms with van der Waals surface area (Å²) in [5.41, 5.74) is 9.62. The molecule has 0 radical (unpaired) electrons. The van der Waals surface area contributed by atoms with Gasteiger partial charge in [0.25, 0.3) is 5.91 Å². The number of methoxy groups -OCH3 is 1. The third-order valence-corrected chi connectivity index (χ3v) is 6.04. The van der Waals surface area contributed by atoms with Crippen molar-refractivity contribution in [2.24, 2.45) is 0 Å². The second-order valence-corrected chi connectivity index (χ2v) is 9.18. The first-order valence-electron chi connectivity index (χ1n) is 12.4. The normalized spacial score (nSPS) is 10.9. The Morgan fingerprint density at radius 2 is 1.74 bits per heavy atom. The van der Waals surface area contributed by atoms with Crippen molar-refractivity contribution in [3.05, 3.63) is 96.4 Å². The van der Waals surface area contributed by atoms with E-state index in [9.17, 15) is 4.79 Å². The zero-order valence-electron chi connectivity index (χ0n) is 21.8. The lowest BCUT2D eigenvalue weighted by Gasteiger charge is -2.16. The molecule has 0 fully saturated rings. The monoisotopic (exact) mass is 520 g/mol. The Morgan fingerprint density at radius 1 is 0.923 bits per heavy atom. The van der Waals surface area contributed by atoms with Gasteiger partial charge in [0.05, 0.1) is 18.2 Å². The van der Waals surface area contributed by atoms with Crippen LogP contribution in [-0.4, -0.2) is 28.0 Å². The van der Waals surface area contributed by atoms with E-state index in [2.05, 4.69) is 39.4 Å². The summed E-state index contributed by atoms with van der Waals surface area (Å²) in [5, 5.41) is 7.05. The lowest BCUT2D eigenvalue weighted by atomic mass is 10.1. The fourth-order valence-corrected chi connectivity index (χ4v) is 3.93. The molecule has 5 rings (SSSR count). The minimum Gasteiger partial charge on any atom is -0.497 e. The number of nitrogens with one attached hydrogen (secondary N) is 2.